The highest BCUT2D eigenvalue weighted by Gasteiger charge is 2.20. The number of rotatable bonds is 11. The molecule has 2 atom stereocenters. The van der Waals surface area contributed by atoms with Crippen LogP contribution in [0.5, 0.6) is 11.5 Å². The Labute approximate surface area is 296 Å². The number of halogens is 2. The van der Waals surface area contributed by atoms with Crippen molar-refractivity contribution in [2.45, 2.75) is 45.9 Å². The number of aliphatic hydroxyl groups is 2. The molecule has 0 bridgehead atoms. The van der Waals surface area contributed by atoms with Gasteiger partial charge in [-0.3, -0.25) is 4.90 Å². The second-order valence-electron chi connectivity index (χ2n) is 11.5. The van der Waals surface area contributed by atoms with Gasteiger partial charge in [0, 0.05) is 52.4 Å². The van der Waals surface area contributed by atoms with E-state index in [2.05, 4.69) is 74.0 Å². The molecule has 1 aliphatic heterocycles. The van der Waals surface area contributed by atoms with Crippen LogP contribution in [0.3, 0.4) is 0 Å². The number of anilines is 2. The van der Waals surface area contributed by atoms with Crippen LogP contribution in [0.2, 0.25) is 0 Å². The molecule has 1 heterocycles. The number of ether oxygens (including phenoxy) is 3. The Balaban J connectivity index is 0.000000213. The van der Waals surface area contributed by atoms with Crippen molar-refractivity contribution >= 4 is 43.2 Å². The average molecular weight is 771 g/mol. The van der Waals surface area contributed by atoms with Crippen LogP contribution in [0.25, 0.3) is 0 Å². The van der Waals surface area contributed by atoms with E-state index in [0.29, 0.717) is 26.3 Å². The predicted molar refractivity (Wildman–Crippen MR) is 197 cm³/mol. The second kappa shape index (κ2) is 18.6. The first-order valence-corrected chi connectivity index (χ1v) is 17.7. The van der Waals surface area contributed by atoms with E-state index in [9.17, 15) is 5.11 Å². The number of aliphatic hydroxyl groups excluding tert-OH is 2. The normalized spacial score (nSPS) is 15.2. The molecule has 0 spiro atoms. The Kier molecular flexibility index (Phi) is 14.6. The number of likely N-dealkylation sites (N-methyl/N-ethyl adjacent to an activating group) is 1. The number of nitrogens with zero attached hydrogens (tertiary/aromatic N) is 2. The van der Waals surface area contributed by atoms with Gasteiger partial charge in [0.05, 0.1) is 32.5 Å². The molecule has 252 valence electrons. The van der Waals surface area contributed by atoms with E-state index in [1.807, 2.05) is 80.4 Å². The molecular formula is C38H46Br2N2O5. The topological polar surface area (TPSA) is 74.6 Å². The van der Waals surface area contributed by atoms with Gasteiger partial charge in [-0.1, -0.05) is 56.1 Å². The largest absolute Gasteiger partial charge is 0.494 e. The smallest absolute Gasteiger partial charge is 0.121 e. The van der Waals surface area contributed by atoms with Gasteiger partial charge in [0.15, 0.2) is 0 Å². The van der Waals surface area contributed by atoms with E-state index in [4.69, 9.17) is 19.3 Å². The summed E-state index contributed by atoms with van der Waals surface area (Å²) in [5.74, 6) is 1.66. The molecule has 0 saturated heterocycles. The molecule has 0 aromatic heterocycles. The lowest BCUT2D eigenvalue weighted by molar-refractivity contribution is 0.0703. The third-order valence-electron chi connectivity index (χ3n) is 7.80. The molecular weight excluding hydrogens is 724 g/mol. The first kappa shape index (κ1) is 36.9. The highest BCUT2D eigenvalue weighted by atomic mass is 79.9. The summed E-state index contributed by atoms with van der Waals surface area (Å²) < 4.78 is 19.2. The van der Waals surface area contributed by atoms with Gasteiger partial charge in [-0.2, -0.15) is 0 Å². The standard InChI is InChI=1S/C19H24BrNO3.C19H22BrNO2/c1-3-24-17-6-4-5-14(12-17)19(23)18-8-7-16(20)11-15(18)13-21(2)9-10-22;1-3-22-18-6-4-5-17(13-18)21-9-10-23-14(2)11-15-12-16(20)7-8-19(15)21/h4-8,11-12,19,22-23H,3,9-10,13H2,1-2H3;4-8,12-14H,3,9-11H2,1-2H3. The minimum absolute atomic E-state index is 0.110. The monoisotopic (exact) mass is 768 g/mol. The number of benzene rings is 4. The highest BCUT2D eigenvalue weighted by molar-refractivity contribution is 9.10. The molecule has 0 saturated carbocycles. The molecule has 2 unspecified atom stereocenters. The third-order valence-corrected chi connectivity index (χ3v) is 8.79. The Bertz CT molecular complexity index is 1570. The van der Waals surface area contributed by atoms with Crippen molar-refractivity contribution in [2.24, 2.45) is 0 Å². The van der Waals surface area contributed by atoms with Gasteiger partial charge in [0.2, 0.25) is 0 Å². The van der Waals surface area contributed by atoms with E-state index in [-0.39, 0.29) is 12.7 Å². The summed E-state index contributed by atoms with van der Waals surface area (Å²) in [6, 6.07) is 28.2. The van der Waals surface area contributed by atoms with Crippen molar-refractivity contribution < 1.29 is 24.4 Å². The zero-order valence-corrected chi connectivity index (χ0v) is 30.8. The Morgan fingerprint density at radius 1 is 0.915 bits per heavy atom. The van der Waals surface area contributed by atoms with Gasteiger partial charge in [0.1, 0.15) is 17.6 Å². The minimum atomic E-state index is -0.726. The molecule has 4 aromatic carbocycles. The average Bonchev–Trinajstić information content (AvgIpc) is 3.04. The first-order chi connectivity index (χ1) is 22.7. The van der Waals surface area contributed by atoms with Crippen LogP contribution in [-0.2, 0) is 17.7 Å². The predicted octanol–water partition coefficient (Wildman–Crippen LogP) is 8.30. The highest BCUT2D eigenvalue weighted by Crippen LogP contribution is 2.34. The van der Waals surface area contributed by atoms with Gasteiger partial charge in [-0.25, -0.2) is 0 Å². The minimum Gasteiger partial charge on any atom is -0.494 e. The molecule has 0 radical (unpaired) electrons. The van der Waals surface area contributed by atoms with Crippen LogP contribution in [0.4, 0.5) is 11.4 Å². The van der Waals surface area contributed by atoms with E-state index in [0.717, 1.165) is 62.4 Å². The van der Waals surface area contributed by atoms with Gasteiger partial charge in [-0.05, 0) is 105 Å². The number of hydrogen-bond acceptors (Lipinski definition) is 7. The summed E-state index contributed by atoms with van der Waals surface area (Å²) in [7, 11) is 1.95. The lowest BCUT2D eigenvalue weighted by Crippen LogP contribution is -2.29. The van der Waals surface area contributed by atoms with Crippen LogP contribution in [0, 0.1) is 0 Å². The fourth-order valence-corrected chi connectivity index (χ4v) is 6.45. The summed E-state index contributed by atoms with van der Waals surface area (Å²) in [6.45, 7) is 10.2. The summed E-state index contributed by atoms with van der Waals surface area (Å²) in [5, 5.41) is 20.0. The molecule has 0 fully saturated rings. The van der Waals surface area contributed by atoms with Crippen LogP contribution < -0.4 is 14.4 Å². The lowest BCUT2D eigenvalue weighted by atomic mass is 9.96. The van der Waals surface area contributed by atoms with Crippen LogP contribution >= 0.6 is 31.9 Å². The van der Waals surface area contributed by atoms with Gasteiger partial charge >= 0.3 is 0 Å². The van der Waals surface area contributed by atoms with Crippen LogP contribution in [-0.4, -0.2) is 67.8 Å². The SMILES string of the molecule is CCOc1cccc(C(O)c2ccc(Br)cc2CN(C)CCO)c1.CCOc1cccc(N2CCOC(C)Cc3cc(Br)ccc32)c1. The molecule has 2 N–H and O–H groups in total. The molecule has 7 nitrogen and oxygen atoms in total. The summed E-state index contributed by atoms with van der Waals surface area (Å²) in [6.07, 6.45) is 0.423. The molecule has 0 aliphatic carbocycles. The Morgan fingerprint density at radius 3 is 2.32 bits per heavy atom. The van der Waals surface area contributed by atoms with Crippen molar-refractivity contribution in [2.75, 3.05) is 51.5 Å². The summed E-state index contributed by atoms with van der Waals surface area (Å²) in [4.78, 5) is 4.34. The molecule has 0 amide bonds. The van der Waals surface area contributed by atoms with E-state index >= 15 is 0 Å². The van der Waals surface area contributed by atoms with E-state index < -0.39 is 6.10 Å². The van der Waals surface area contributed by atoms with E-state index in [1.54, 1.807) is 0 Å². The third kappa shape index (κ3) is 10.8. The van der Waals surface area contributed by atoms with Crippen molar-refractivity contribution in [3.63, 3.8) is 0 Å². The molecule has 47 heavy (non-hydrogen) atoms. The zero-order chi connectivity index (χ0) is 33.8. The second-order valence-corrected chi connectivity index (χ2v) is 13.3. The quantitative estimate of drug-likeness (QED) is 0.159. The van der Waals surface area contributed by atoms with Crippen LogP contribution in [0.1, 0.15) is 49.1 Å². The maximum absolute atomic E-state index is 10.9. The van der Waals surface area contributed by atoms with Crippen LogP contribution in [0.15, 0.2) is 93.9 Å². The Hall–Kier alpha value is -2.92. The fourth-order valence-electron chi connectivity index (χ4n) is 5.63. The van der Waals surface area contributed by atoms with E-state index in [1.165, 1.54) is 11.3 Å². The number of fused-ring (bicyclic) bond motifs is 1. The summed E-state index contributed by atoms with van der Waals surface area (Å²) in [5.41, 5.74) is 6.36. The molecule has 9 heteroatoms. The molecule has 1 aliphatic rings. The van der Waals surface area contributed by atoms with Crippen molar-refractivity contribution in [1.82, 2.24) is 4.90 Å². The van der Waals surface area contributed by atoms with Crippen molar-refractivity contribution in [3.8, 4) is 11.5 Å². The summed E-state index contributed by atoms with van der Waals surface area (Å²) >= 11 is 7.08. The van der Waals surface area contributed by atoms with Gasteiger partial charge in [-0.15, -0.1) is 0 Å². The number of hydrogen-bond donors (Lipinski definition) is 2. The van der Waals surface area contributed by atoms with Crippen molar-refractivity contribution in [1.29, 1.82) is 0 Å². The molecule has 5 rings (SSSR count). The van der Waals surface area contributed by atoms with Gasteiger partial charge < -0.3 is 29.3 Å². The fraction of sp³-hybridized carbons (Fsp3) is 0.368. The molecule has 4 aromatic rings. The van der Waals surface area contributed by atoms with Crippen molar-refractivity contribution in [3.05, 3.63) is 116 Å². The van der Waals surface area contributed by atoms with Gasteiger partial charge in [0.25, 0.3) is 0 Å². The maximum Gasteiger partial charge on any atom is 0.121 e. The lowest BCUT2D eigenvalue weighted by Gasteiger charge is -2.31. The zero-order valence-electron chi connectivity index (χ0n) is 27.7. The Morgan fingerprint density at radius 2 is 1.60 bits per heavy atom. The maximum atomic E-state index is 10.9. The first-order valence-electron chi connectivity index (χ1n) is 16.1.